The number of carbonyl (C=O) groups excluding carboxylic acids is 1. The van der Waals surface area contributed by atoms with Gasteiger partial charge in [-0.05, 0) is 26.8 Å². The van der Waals surface area contributed by atoms with Crippen molar-refractivity contribution in [2.24, 2.45) is 0 Å². The van der Waals surface area contributed by atoms with E-state index in [1.807, 2.05) is 6.07 Å². The number of carbonyl (C=O) groups is 1. The minimum atomic E-state index is -0.578. The number of nitriles is 1. The van der Waals surface area contributed by atoms with E-state index in [2.05, 4.69) is 5.32 Å². The predicted molar refractivity (Wildman–Crippen MR) is 57.9 cm³/mol. The predicted octanol–water partition coefficient (Wildman–Crippen LogP) is 2.69. The summed E-state index contributed by atoms with van der Waals surface area (Å²) in [6, 6.07) is 5.17. The molecule has 0 aliphatic heterocycles. The highest BCUT2D eigenvalue weighted by Crippen LogP contribution is 2.15. The van der Waals surface area contributed by atoms with Crippen LogP contribution in [0, 0.1) is 11.3 Å². The molecule has 1 heterocycles. The molecule has 0 aliphatic rings. The Morgan fingerprint density at radius 3 is 2.81 bits per heavy atom. The summed E-state index contributed by atoms with van der Waals surface area (Å²) in [7, 11) is 0. The van der Waals surface area contributed by atoms with E-state index in [0.717, 1.165) is 0 Å². The highest BCUT2D eigenvalue weighted by Gasteiger charge is 2.17. The lowest BCUT2D eigenvalue weighted by Crippen LogP contribution is -2.27. The van der Waals surface area contributed by atoms with Gasteiger partial charge in [0.25, 0.3) is 0 Å². The van der Waals surface area contributed by atoms with Gasteiger partial charge in [-0.2, -0.15) is 5.26 Å². The molecule has 1 aromatic rings. The Kier molecular flexibility index (Phi) is 3.56. The lowest BCUT2D eigenvalue weighted by molar-refractivity contribution is 0.0632. The zero-order chi connectivity index (χ0) is 12.2. The van der Waals surface area contributed by atoms with Crippen LogP contribution in [0.15, 0.2) is 16.5 Å². The maximum atomic E-state index is 11.3. The molecule has 5 nitrogen and oxygen atoms in total. The van der Waals surface area contributed by atoms with E-state index in [9.17, 15) is 4.79 Å². The van der Waals surface area contributed by atoms with Crippen LogP contribution >= 0.6 is 0 Å². The van der Waals surface area contributed by atoms with Gasteiger partial charge in [0.15, 0.2) is 0 Å². The second-order valence-electron chi connectivity index (χ2n) is 4.23. The SMILES string of the molecule is CC(C)(C)OC(=O)Nc1ccc(CC#N)o1. The van der Waals surface area contributed by atoms with Gasteiger partial charge in [0.2, 0.25) is 5.88 Å². The van der Waals surface area contributed by atoms with Gasteiger partial charge in [-0.15, -0.1) is 0 Å². The van der Waals surface area contributed by atoms with Crippen LogP contribution in [0.2, 0.25) is 0 Å². The van der Waals surface area contributed by atoms with Crippen LogP contribution in [0.1, 0.15) is 26.5 Å². The van der Waals surface area contributed by atoms with Gasteiger partial charge >= 0.3 is 6.09 Å². The fourth-order valence-electron chi connectivity index (χ4n) is 1.02. The molecule has 5 heteroatoms. The topological polar surface area (TPSA) is 75.3 Å². The van der Waals surface area contributed by atoms with E-state index in [1.54, 1.807) is 32.9 Å². The van der Waals surface area contributed by atoms with Crippen molar-refractivity contribution in [3.05, 3.63) is 17.9 Å². The fourth-order valence-corrected chi connectivity index (χ4v) is 1.02. The molecule has 1 N–H and O–H groups in total. The average Bonchev–Trinajstić information content (AvgIpc) is 2.49. The third-order valence-electron chi connectivity index (χ3n) is 1.54. The lowest BCUT2D eigenvalue weighted by Gasteiger charge is -2.18. The van der Waals surface area contributed by atoms with E-state index in [0.29, 0.717) is 5.76 Å². The van der Waals surface area contributed by atoms with Crippen molar-refractivity contribution in [1.29, 1.82) is 5.26 Å². The third kappa shape index (κ3) is 4.05. The van der Waals surface area contributed by atoms with Gasteiger partial charge in [0, 0.05) is 6.07 Å². The van der Waals surface area contributed by atoms with Crippen LogP contribution in [0.4, 0.5) is 10.7 Å². The Labute approximate surface area is 94.0 Å². The largest absolute Gasteiger partial charge is 0.444 e. The lowest BCUT2D eigenvalue weighted by atomic mass is 10.2. The number of nitrogens with one attached hydrogen (secondary N) is 1. The molecular weight excluding hydrogens is 208 g/mol. The molecule has 0 spiro atoms. The quantitative estimate of drug-likeness (QED) is 0.834. The number of rotatable bonds is 2. The fraction of sp³-hybridized carbons (Fsp3) is 0.455. The van der Waals surface area contributed by atoms with Crippen LogP contribution in [0.5, 0.6) is 0 Å². The summed E-state index contributed by atoms with van der Waals surface area (Å²) in [5.41, 5.74) is -0.549. The molecule has 0 atom stereocenters. The molecule has 0 saturated heterocycles. The summed E-state index contributed by atoms with van der Waals surface area (Å²) in [6.45, 7) is 5.32. The molecule has 0 saturated carbocycles. The van der Waals surface area contributed by atoms with Gasteiger partial charge < -0.3 is 9.15 Å². The maximum Gasteiger partial charge on any atom is 0.414 e. The maximum absolute atomic E-state index is 11.3. The molecule has 0 aromatic carbocycles. The molecule has 1 aromatic heterocycles. The molecule has 1 rings (SSSR count). The van der Waals surface area contributed by atoms with Crippen molar-refractivity contribution in [3.63, 3.8) is 0 Å². The van der Waals surface area contributed by atoms with Gasteiger partial charge in [-0.1, -0.05) is 0 Å². The average molecular weight is 222 g/mol. The summed E-state index contributed by atoms with van der Waals surface area (Å²) in [5, 5.41) is 10.9. The van der Waals surface area contributed by atoms with Crippen LogP contribution in [-0.2, 0) is 11.2 Å². The van der Waals surface area contributed by atoms with Crippen LogP contribution in [-0.4, -0.2) is 11.7 Å². The Morgan fingerprint density at radius 1 is 1.56 bits per heavy atom. The van der Waals surface area contributed by atoms with Crippen LogP contribution in [0.3, 0.4) is 0 Å². The second-order valence-corrected chi connectivity index (χ2v) is 4.23. The summed E-state index contributed by atoms with van der Waals surface area (Å²) >= 11 is 0. The first-order valence-corrected chi connectivity index (χ1v) is 4.86. The summed E-state index contributed by atoms with van der Waals surface area (Å²) in [4.78, 5) is 11.3. The highest BCUT2D eigenvalue weighted by molar-refractivity contribution is 5.83. The van der Waals surface area contributed by atoms with Gasteiger partial charge in [-0.3, -0.25) is 5.32 Å². The highest BCUT2D eigenvalue weighted by atomic mass is 16.6. The zero-order valence-corrected chi connectivity index (χ0v) is 9.53. The molecule has 0 bridgehead atoms. The number of amides is 1. The van der Waals surface area contributed by atoms with Gasteiger partial charge in [-0.25, -0.2) is 4.79 Å². The third-order valence-corrected chi connectivity index (χ3v) is 1.54. The Bertz CT molecular complexity index is 410. The molecule has 0 aliphatic carbocycles. The van der Waals surface area contributed by atoms with E-state index < -0.39 is 11.7 Å². The normalized spacial score (nSPS) is 10.6. The first-order valence-electron chi connectivity index (χ1n) is 4.86. The minimum Gasteiger partial charge on any atom is -0.444 e. The minimum absolute atomic E-state index is 0.177. The van der Waals surface area contributed by atoms with Crippen molar-refractivity contribution in [1.82, 2.24) is 0 Å². The summed E-state index contributed by atoms with van der Waals surface area (Å²) < 4.78 is 10.2. The van der Waals surface area contributed by atoms with E-state index in [1.165, 1.54) is 0 Å². The Morgan fingerprint density at radius 2 is 2.25 bits per heavy atom. The van der Waals surface area contributed by atoms with E-state index in [-0.39, 0.29) is 12.3 Å². The van der Waals surface area contributed by atoms with Crippen LogP contribution < -0.4 is 5.32 Å². The van der Waals surface area contributed by atoms with Gasteiger partial charge in [0.1, 0.15) is 11.4 Å². The molecule has 1 amide bonds. The van der Waals surface area contributed by atoms with E-state index >= 15 is 0 Å². The molecule has 86 valence electrons. The van der Waals surface area contributed by atoms with E-state index in [4.69, 9.17) is 14.4 Å². The number of hydrogen-bond acceptors (Lipinski definition) is 4. The Balaban J connectivity index is 2.54. The van der Waals surface area contributed by atoms with Crippen molar-refractivity contribution >= 4 is 12.0 Å². The molecule has 0 radical (unpaired) electrons. The van der Waals surface area contributed by atoms with Crippen molar-refractivity contribution in [2.75, 3.05) is 5.32 Å². The van der Waals surface area contributed by atoms with Crippen molar-refractivity contribution in [2.45, 2.75) is 32.8 Å². The number of furan rings is 1. The molecular formula is C11H14N2O3. The number of hydrogen-bond donors (Lipinski definition) is 1. The van der Waals surface area contributed by atoms with Crippen molar-refractivity contribution < 1.29 is 13.9 Å². The van der Waals surface area contributed by atoms with Crippen LogP contribution in [0.25, 0.3) is 0 Å². The van der Waals surface area contributed by atoms with Gasteiger partial charge in [0.05, 0.1) is 12.5 Å². The number of nitrogens with zero attached hydrogens (tertiary/aromatic N) is 1. The number of ether oxygens (including phenoxy) is 1. The molecule has 0 fully saturated rings. The summed E-state index contributed by atoms with van der Waals surface area (Å²) in [6.07, 6.45) is -0.402. The molecule has 16 heavy (non-hydrogen) atoms. The van der Waals surface area contributed by atoms with Crippen molar-refractivity contribution in [3.8, 4) is 6.07 Å². The Hall–Kier alpha value is -1.96. The smallest absolute Gasteiger partial charge is 0.414 e. The monoisotopic (exact) mass is 222 g/mol. The summed E-state index contributed by atoms with van der Waals surface area (Å²) in [5.74, 6) is 0.785. The first-order chi connectivity index (χ1) is 7.40. The standard InChI is InChI=1S/C11H14N2O3/c1-11(2,3)16-10(14)13-9-5-4-8(15-9)6-7-12/h4-5H,6H2,1-3H3,(H,13,14). The second kappa shape index (κ2) is 4.71. The molecule has 0 unspecified atom stereocenters. The zero-order valence-electron chi connectivity index (χ0n) is 9.53. The first kappa shape index (κ1) is 12.1. The number of anilines is 1.